The molecule has 1 aromatic carbocycles. The molecule has 3 rings (SSSR count). The lowest BCUT2D eigenvalue weighted by Crippen LogP contribution is -2.57. The van der Waals surface area contributed by atoms with Crippen LogP contribution in [0.1, 0.15) is 13.8 Å². The van der Waals surface area contributed by atoms with Crippen molar-refractivity contribution in [1.82, 2.24) is 14.9 Å². The average molecular weight is 287 g/mol. The monoisotopic (exact) mass is 287 g/mol. The van der Waals surface area contributed by atoms with Crippen LogP contribution in [-0.4, -0.2) is 47.1 Å². The van der Waals surface area contributed by atoms with Gasteiger partial charge in [-0.15, -0.1) is 0 Å². The Morgan fingerprint density at radius 3 is 2.81 bits per heavy atom. The molecule has 6 heteroatoms. The number of benzene rings is 1. The molecule has 1 aliphatic rings. The van der Waals surface area contributed by atoms with Gasteiger partial charge >= 0.3 is 0 Å². The van der Waals surface area contributed by atoms with Crippen LogP contribution in [0.3, 0.4) is 0 Å². The lowest BCUT2D eigenvalue weighted by atomic mass is 9.99. The summed E-state index contributed by atoms with van der Waals surface area (Å²) in [6.07, 6.45) is 1.43. The average Bonchev–Trinajstić information content (AvgIpc) is 2.42. The summed E-state index contributed by atoms with van der Waals surface area (Å²) in [4.78, 5) is 23.2. The first-order chi connectivity index (χ1) is 9.88. The fraction of sp³-hybridized carbons (Fsp3) is 0.467. The van der Waals surface area contributed by atoms with E-state index in [0.717, 1.165) is 25.3 Å². The summed E-state index contributed by atoms with van der Waals surface area (Å²) in [6.45, 7) is 7.23. The zero-order valence-corrected chi connectivity index (χ0v) is 12.7. The van der Waals surface area contributed by atoms with Gasteiger partial charge in [0.05, 0.1) is 28.6 Å². The Hall–Kier alpha value is -2.08. The van der Waals surface area contributed by atoms with E-state index in [1.54, 1.807) is 6.07 Å². The molecule has 112 valence electrons. The van der Waals surface area contributed by atoms with Gasteiger partial charge in [-0.3, -0.25) is 9.69 Å². The molecular weight excluding hydrogens is 266 g/mol. The Labute approximate surface area is 123 Å². The summed E-state index contributed by atoms with van der Waals surface area (Å²) in [5, 5.41) is 0.534. The number of piperazine rings is 1. The molecule has 1 aliphatic heterocycles. The van der Waals surface area contributed by atoms with E-state index >= 15 is 0 Å². The van der Waals surface area contributed by atoms with Crippen molar-refractivity contribution in [2.24, 2.45) is 0 Å². The number of nitrogens with two attached hydrogens (primary N) is 1. The number of anilines is 2. The summed E-state index contributed by atoms with van der Waals surface area (Å²) < 4.78 is 0. The van der Waals surface area contributed by atoms with Crippen molar-refractivity contribution < 1.29 is 0 Å². The minimum atomic E-state index is -0.156. The maximum atomic E-state index is 11.8. The third-order valence-electron chi connectivity index (χ3n) is 4.45. The summed E-state index contributed by atoms with van der Waals surface area (Å²) in [7, 11) is 2.14. The Morgan fingerprint density at radius 1 is 1.33 bits per heavy atom. The van der Waals surface area contributed by atoms with Gasteiger partial charge in [0, 0.05) is 25.2 Å². The van der Waals surface area contributed by atoms with Gasteiger partial charge in [-0.2, -0.15) is 0 Å². The summed E-state index contributed by atoms with van der Waals surface area (Å²) in [6, 6.07) is 3.64. The SMILES string of the molecule is CN1CCN(c2cc3nc[nH]c(=O)c3cc2N)CC1(C)C. The maximum absolute atomic E-state index is 11.8. The number of hydrogen-bond donors (Lipinski definition) is 2. The first-order valence-electron chi connectivity index (χ1n) is 7.11. The molecule has 2 heterocycles. The molecular formula is C15H21N5O. The van der Waals surface area contributed by atoms with Crippen LogP contribution in [0.2, 0.25) is 0 Å². The van der Waals surface area contributed by atoms with Crippen LogP contribution in [0.15, 0.2) is 23.3 Å². The number of likely N-dealkylation sites (N-methyl/N-ethyl adjacent to an activating group) is 1. The Morgan fingerprint density at radius 2 is 2.10 bits per heavy atom. The Balaban J connectivity index is 2.05. The number of nitrogen functional groups attached to an aromatic ring is 1. The first-order valence-corrected chi connectivity index (χ1v) is 7.11. The van der Waals surface area contributed by atoms with Crippen LogP contribution in [0.4, 0.5) is 11.4 Å². The number of nitrogens with zero attached hydrogens (tertiary/aromatic N) is 3. The summed E-state index contributed by atoms with van der Waals surface area (Å²) >= 11 is 0. The van der Waals surface area contributed by atoms with Gasteiger partial charge in [-0.1, -0.05) is 0 Å². The van der Waals surface area contributed by atoms with Crippen molar-refractivity contribution in [3.05, 3.63) is 28.8 Å². The van der Waals surface area contributed by atoms with Gasteiger partial charge in [0.15, 0.2) is 0 Å². The molecule has 0 radical (unpaired) electrons. The maximum Gasteiger partial charge on any atom is 0.258 e. The standard InChI is InChI=1S/C15H21N5O/c1-15(2)8-20(5-4-19(15)3)13-7-12-10(6-11(13)16)14(21)18-9-17-12/h6-7,9H,4-5,8,16H2,1-3H3,(H,17,18,21). The predicted octanol–water partition coefficient (Wildman–Crippen LogP) is 1.04. The molecule has 0 unspecified atom stereocenters. The number of hydrogen-bond acceptors (Lipinski definition) is 5. The molecule has 1 aromatic heterocycles. The Bertz CT molecular complexity index is 736. The second kappa shape index (κ2) is 4.73. The van der Waals surface area contributed by atoms with Gasteiger partial charge in [0.25, 0.3) is 5.56 Å². The van der Waals surface area contributed by atoms with Crippen LogP contribution in [0.25, 0.3) is 10.9 Å². The molecule has 0 spiro atoms. The van der Waals surface area contributed by atoms with E-state index in [2.05, 4.69) is 40.7 Å². The van der Waals surface area contributed by atoms with E-state index in [4.69, 9.17) is 5.73 Å². The van der Waals surface area contributed by atoms with Crippen molar-refractivity contribution in [3.63, 3.8) is 0 Å². The minimum absolute atomic E-state index is 0.0846. The molecule has 1 fully saturated rings. The number of aromatic amines is 1. The number of H-pyrrole nitrogens is 1. The summed E-state index contributed by atoms with van der Waals surface area (Å²) in [5.41, 5.74) is 8.37. The largest absolute Gasteiger partial charge is 0.397 e. The van der Waals surface area contributed by atoms with Gasteiger partial charge in [-0.25, -0.2) is 4.98 Å². The van der Waals surface area contributed by atoms with Crippen LogP contribution < -0.4 is 16.2 Å². The third-order valence-corrected chi connectivity index (χ3v) is 4.45. The highest BCUT2D eigenvalue weighted by molar-refractivity contribution is 5.88. The first kappa shape index (κ1) is 13.9. The normalized spacial score (nSPS) is 19.1. The molecule has 3 N–H and O–H groups in total. The highest BCUT2D eigenvalue weighted by Gasteiger charge is 2.31. The molecule has 0 amide bonds. The van der Waals surface area contributed by atoms with Crippen molar-refractivity contribution in [3.8, 4) is 0 Å². The quantitative estimate of drug-likeness (QED) is 0.766. The van der Waals surface area contributed by atoms with Gasteiger partial charge in [-0.05, 0) is 33.0 Å². The van der Waals surface area contributed by atoms with E-state index in [0.29, 0.717) is 16.6 Å². The molecule has 2 aromatic rings. The van der Waals surface area contributed by atoms with Crippen LogP contribution >= 0.6 is 0 Å². The van der Waals surface area contributed by atoms with E-state index in [-0.39, 0.29) is 11.1 Å². The predicted molar refractivity (Wildman–Crippen MR) is 85.7 cm³/mol. The highest BCUT2D eigenvalue weighted by atomic mass is 16.1. The smallest absolute Gasteiger partial charge is 0.258 e. The second-order valence-corrected chi connectivity index (χ2v) is 6.32. The van der Waals surface area contributed by atoms with Crippen LogP contribution in [0, 0.1) is 0 Å². The van der Waals surface area contributed by atoms with Crippen molar-refractivity contribution in [1.29, 1.82) is 0 Å². The second-order valence-electron chi connectivity index (χ2n) is 6.32. The molecule has 21 heavy (non-hydrogen) atoms. The fourth-order valence-corrected chi connectivity index (χ4v) is 2.84. The topological polar surface area (TPSA) is 78.2 Å². The highest BCUT2D eigenvalue weighted by Crippen LogP contribution is 2.30. The zero-order chi connectivity index (χ0) is 15.2. The van der Waals surface area contributed by atoms with Crippen LogP contribution in [0.5, 0.6) is 0 Å². The van der Waals surface area contributed by atoms with Crippen molar-refractivity contribution in [2.75, 3.05) is 37.3 Å². The fourth-order valence-electron chi connectivity index (χ4n) is 2.84. The molecule has 1 saturated heterocycles. The van der Waals surface area contributed by atoms with Crippen molar-refractivity contribution in [2.45, 2.75) is 19.4 Å². The molecule has 0 atom stereocenters. The third kappa shape index (κ3) is 2.35. The lowest BCUT2D eigenvalue weighted by molar-refractivity contribution is 0.139. The molecule has 0 aliphatic carbocycles. The van der Waals surface area contributed by atoms with Crippen molar-refractivity contribution >= 4 is 22.3 Å². The zero-order valence-electron chi connectivity index (χ0n) is 12.7. The summed E-state index contributed by atoms with van der Waals surface area (Å²) in [5.74, 6) is 0. The number of fused-ring (bicyclic) bond motifs is 1. The van der Waals surface area contributed by atoms with E-state index in [1.807, 2.05) is 6.07 Å². The number of rotatable bonds is 1. The molecule has 0 bridgehead atoms. The van der Waals surface area contributed by atoms with Gasteiger partial charge in [0.2, 0.25) is 0 Å². The Kier molecular flexibility index (Phi) is 3.13. The number of nitrogens with one attached hydrogen (secondary N) is 1. The molecule has 0 saturated carbocycles. The molecule has 6 nitrogen and oxygen atoms in total. The van der Waals surface area contributed by atoms with Gasteiger partial charge < -0.3 is 15.6 Å². The van der Waals surface area contributed by atoms with Crippen LogP contribution in [-0.2, 0) is 0 Å². The van der Waals surface area contributed by atoms with E-state index in [1.165, 1.54) is 6.33 Å². The van der Waals surface area contributed by atoms with Gasteiger partial charge in [0.1, 0.15) is 0 Å². The number of aromatic nitrogens is 2. The lowest BCUT2D eigenvalue weighted by Gasteiger charge is -2.46. The van der Waals surface area contributed by atoms with E-state index in [9.17, 15) is 4.79 Å². The minimum Gasteiger partial charge on any atom is -0.397 e. The van der Waals surface area contributed by atoms with E-state index < -0.39 is 0 Å².